The third kappa shape index (κ3) is 3.45. The summed E-state index contributed by atoms with van der Waals surface area (Å²) in [5.74, 6) is 0. The molecular weight excluding hydrogens is 325 g/mol. The Morgan fingerprint density at radius 1 is 1.38 bits per heavy atom. The first-order valence-electron chi connectivity index (χ1n) is 7.17. The molecule has 0 aliphatic carbocycles. The fourth-order valence-electron chi connectivity index (χ4n) is 2.28. The largest absolute Gasteiger partial charge is 0.304 e. The van der Waals surface area contributed by atoms with Crippen molar-refractivity contribution >= 4 is 34.5 Å². The predicted octanol–water partition coefficient (Wildman–Crippen LogP) is 5.23. The minimum atomic E-state index is -0.0199. The van der Waals surface area contributed by atoms with Gasteiger partial charge in [-0.3, -0.25) is 4.68 Å². The molecule has 6 heteroatoms. The van der Waals surface area contributed by atoms with E-state index in [2.05, 4.69) is 36.6 Å². The second-order valence-corrected chi connectivity index (χ2v) is 7.10. The maximum atomic E-state index is 6.48. The summed E-state index contributed by atoms with van der Waals surface area (Å²) in [7, 11) is 0. The zero-order valence-electron chi connectivity index (χ0n) is 12.8. The minimum absolute atomic E-state index is 0.0199. The third-order valence-electron chi connectivity index (χ3n) is 3.34. The molecule has 0 saturated carbocycles. The number of nitrogens with one attached hydrogen (secondary N) is 1. The van der Waals surface area contributed by atoms with E-state index in [1.807, 2.05) is 11.6 Å². The molecule has 0 spiro atoms. The van der Waals surface area contributed by atoms with Crippen LogP contribution in [0.3, 0.4) is 0 Å². The highest BCUT2D eigenvalue weighted by Gasteiger charge is 2.26. The van der Waals surface area contributed by atoms with Crippen molar-refractivity contribution in [2.24, 2.45) is 0 Å². The molecule has 0 bridgehead atoms. The molecule has 2 heterocycles. The van der Waals surface area contributed by atoms with Crippen LogP contribution >= 0.6 is 34.5 Å². The highest BCUT2D eigenvalue weighted by Crippen LogP contribution is 2.38. The van der Waals surface area contributed by atoms with E-state index in [9.17, 15) is 0 Å². The molecule has 0 saturated heterocycles. The molecule has 1 atom stereocenters. The van der Waals surface area contributed by atoms with Crippen LogP contribution in [-0.2, 0) is 0 Å². The van der Waals surface area contributed by atoms with Crippen LogP contribution in [0, 0.1) is 6.92 Å². The van der Waals surface area contributed by atoms with Gasteiger partial charge in [0, 0.05) is 10.9 Å². The Morgan fingerprint density at radius 3 is 2.62 bits per heavy atom. The van der Waals surface area contributed by atoms with Crippen LogP contribution in [0.1, 0.15) is 55.4 Å². The Labute approximate surface area is 140 Å². The fraction of sp³-hybridized carbons (Fsp3) is 0.533. The number of halogens is 2. The SMILES string of the molecule is CCCNC(c1scc(C)c1Cl)c1c(Cl)cnn1C(C)C. The van der Waals surface area contributed by atoms with Gasteiger partial charge in [-0.15, -0.1) is 11.3 Å². The fourth-order valence-corrected chi connectivity index (χ4v) is 3.90. The molecule has 21 heavy (non-hydrogen) atoms. The van der Waals surface area contributed by atoms with Crippen molar-refractivity contribution in [2.45, 2.75) is 46.2 Å². The molecule has 0 fully saturated rings. The number of thiophene rings is 1. The topological polar surface area (TPSA) is 29.9 Å². The summed E-state index contributed by atoms with van der Waals surface area (Å²) in [6.45, 7) is 9.28. The molecule has 0 amide bonds. The Hall–Kier alpha value is -0.550. The maximum absolute atomic E-state index is 6.48. The van der Waals surface area contributed by atoms with Crippen LogP contribution in [0.25, 0.3) is 0 Å². The lowest BCUT2D eigenvalue weighted by Gasteiger charge is -2.22. The molecule has 1 unspecified atom stereocenters. The van der Waals surface area contributed by atoms with Gasteiger partial charge < -0.3 is 5.32 Å². The lowest BCUT2D eigenvalue weighted by atomic mass is 10.1. The molecule has 0 aromatic carbocycles. The third-order valence-corrected chi connectivity index (χ3v) is 5.41. The molecule has 2 aromatic rings. The van der Waals surface area contributed by atoms with E-state index >= 15 is 0 Å². The predicted molar refractivity (Wildman–Crippen MR) is 91.8 cm³/mol. The number of aromatic nitrogens is 2. The smallest absolute Gasteiger partial charge is 0.0872 e. The van der Waals surface area contributed by atoms with Gasteiger partial charge in [0.05, 0.1) is 28.0 Å². The molecule has 2 aromatic heterocycles. The van der Waals surface area contributed by atoms with E-state index in [4.69, 9.17) is 23.2 Å². The summed E-state index contributed by atoms with van der Waals surface area (Å²) in [6.07, 6.45) is 2.76. The zero-order chi connectivity index (χ0) is 15.6. The van der Waals surface area contributed by atoms with Gasteiger partial charge in [-0.2, -0.15) is 5.10 Å². The molecule has 0 radical (unpaired) electrons. The molecule has 3 nitrogen and oxygen atoms in total. The highest BCUT2D eigenvalue weighted by atomic mass is 35.5. The Kier molecular flexibility index (Phi) is 5.72. The highest BCUT2D eigenvalue weighted by molar-refractivity contribution is 7.10. The molecular formula is C15H21Cl2N3S. The van der Waals surface area contributed by atoms with Crippen molar-refractivity contribution in [3.63, 3.8) is 0 Å². The second kappa shape index (κ2) is 7.14. The first kappa shape index (κ1) is 16.8. The van der Waals surface area contributed by atoms with Crippen molar-refractivity contribution < 1.29 is 0 Å². The normalized spacial score (nSPS) is 13.1. The van der Waals surface area contributed by atoms with E-state index in [-0.39, 0.29) is 12.1 Å². The molecule has 0 aliphatic rings. The second-order valence-electron chi connectivity index (χ2n) is 5.40. The lowest BCUT2D eigenvalue weighted by Crippen LogP contribution is -2.26. The summed E-state index contributed by atoms with van der Waals surface area (Å²) in [4.78, 5) is 1.10. The monoisotopic (exact) mass is 345 g/mol. The Morgan fingerprint density at radius 2 is 2.10 bits per heavy atom. The van der Waals surface area contributed by atoms with Crippen molar-refractivity contribution in [1.29, 1.82) is 0 Å². The Balaban J connectivity index is 2.51. The number of rotatable bonds is 6. The molecule has 2 rings (SSSR count). The summed E-state index contributed by atoms with van der Waals surface area (Å²) >= 11 is 14.6. The first-order valence-corrected chi connectivity index (χ1v) is 8.80. The van der Waals surface area contributed by atoms with Crippen molar-refractivity contribution in [2.75, 3.05) is 6.54 Å². The number of aryl methyl sites for hydroxylation is 1. The van der Waals surface area contributed by atoms with Crippen LogP contribution in [0.5, 0.6) is 0 Å². The summed E-state index contributed by atoms with van der Waals surface area (Å²) in [6, 6.07) is 0.229. The summed E-state index contributed by atoms with van der Waals surface area (Å²) in [5, 5.41) is 11.6. The molecule has 116 valence electrons. The van der Waals surface area contributed by atoms with Crippen LogP contribution in [0.2, 0.25) is 10.0 Å². The molecule has 0 aliphatic heterocycles. The average molecular weight is 346 g/mol. The van der Waals surface area contributed by atoms with Crippen LogP contribution in [0.4, 0.5) is 0 Å². The van der Waals surface area contributed by atoms with Gasteiger partial charge in [0.1, 0.15) is 0 Å². The van der Waals surface area contributed by atoms with Gasteiger partial charge in [0.2, 0.25) is 0 Å². The number of nitrogens with zero attached hydrogens (tertiary/aromatic N) is 2. The number of hydrogen-bond donors (Lipinski definition) is 1. The summed E-state index contributed by atoms with van der Waals surface area (Å²) in [5.41, 5.74) is 2.09. The van der Waals surface area contributed by atoms with Crippen molar-refractivity contribution in [3.8, 4) is 0 Å². The van der Waals surface area contributed by atoms with E-state index < -0.39 is 0 Å². The van der Waals surface area contributed by atoms with Crippen molar-refractivity contribution in [1.82, 2.24) is 15.1 Å². The van der Waals surface area contributed by atoms with Gasteiger partial charge in [0.15, 0.2) is 0 Å². The van der Waals surface area contributed by atoms with E-state index in [1.165, 1.54) is 0 Å². The molecule has 1 N–H and O–H groups in total. The quantitative estimate of drug-likeness (QED) is 0.776. The zero-order valence-corrected chi connectivity index (χ0v) is 15.1. The van der Waals surface area contributed by atoms with Gasteiger partial charge >= 0.3 is 0 Å². The standard InChI is InChI=1S/C15H21Cl2N3S/c1-5-6-18-13(15-12(17)10(4)8-21-15)14-11(16)7-19-20(14)9(2)3/h7-9,13,18H,5-6H2,1-4H3. The van der Waals surface area contributed by atoms with Crippen LogP contribution in [-0.4, -0.2) is 16.3 Å². The van der Waals surface area contributed by atoms with Crippen LogP contribution < -0.4 is 5.32 Å². The van der Waals surface area contributed by atoms with E-state index in [0.717, 1.165) is 34.1 Å². The van der Waals surface area contributed by atoms with Crippen LogP contribution in [0.15, 0.2) is 11.6 Å². The van der Waals surface area contributed by atoms with Gasteiger partial charge in [0.25, 0.3) is 0 Å². The van der Waals surface area contributed by atoms with Gasteiger partial charge in [-0.05, 0) is 44.7 Å². The van der Waals surface area contributed by atoms with E-state index in [0.29, 0.717) is 5.02 Å². The number of hydrogen-bond acceptors (Lipinski definition) is 3. The Bertz CT molecular complexity index is 604. The van der Waals surface area contributed by atoms with Crippen molar-refractivity contribution in [3.05, 3.63) is 37.8 Å². The van der Waals surface area contributed by atoms with E-state index in [1.54, 1.807) is 17.5 Å². The first-order chi connectivity index (χ1) is 9.97. The van der Waals surface area contributed by atoms with Gasteiger partial charge in [-0.1, -0.05) is 30.1 Å². The van der Waals surface area contributed by atoms with Gasteiger partial charge in [-0.25, -0.2) is 0 Å². The average Bonchev–Trinajstić information content (AvgIpc) is 2.97. The maximum Gasteiger partial charge on any atom is 0.0872 e. The summed E-state index contributed by atoms with van der Waals surface area (Å²) < 4.78 is 1.97. The lowest BCUT2D eigenvalue weighted by molar-refractivity contribution is 0.474. The minimum Gasteiger partial charge on any atom is -0.304 e.